The fourth-order valence-electron chi connectivity index (χ4n) is 2.60. The van der Waals surface area contributed by atoms with Gasteiger partial charge in [-0.25, -0.2) is 0 Å². The summed E-state index contributed by atoms with van der Waals surface area (Å²) in [5.41, 5.74) is 1.06. The Balaban J connectivity index is 1.44. The van der Waals surface area contributed by atoms with Crippen LogP contribution in [0.5, 0.6) is 11.5 Å². The Labute approximate surface area is 167 Å². The van der Waals surface area contributed by atoms with Gasteiger partial charge in [0.15, 0.2) is 16.7 Å². The zero-order chi connectivity index (χ0) is 19.8. The number of carbonyl (C=O) groups excluding carboxylic acids is 1. The molecule has 3 rings (SSSR count). The molecule has 1 aromatic carbocycles. The lowest BCUT2D eigenvalue weighted by Gasteiger charge is -2.10. The molecule has 0 aliphatic heterocycles. The van der Waals surface area contributed by atoms with E-state index < -0.39 is 0 Å². The van der Waals surface area contributed by atoms with Gasteiger partial charge in [0.1, 0.15) is 12.1 Å². The Kier molecular flexibility index (Phi) is 6.96. The topological polar surface area (TPSA) is 91.4 Å². The van der Waals surface area contributed by atoms with E-state index in [0.29, 0.717) is 36.2 Å². The van der Waals surface area contributed by atoms with Gasteiger partial charge in [-0.3, -0.25) is 4.79 Å². The molecule has 0 radical (unpaired) electrons. The summed E-state index contributed by atoms with van der Waals surface area (Å²) >= 11 is 1.34. The zero-order valence-electron chi connectivity index (χ0n) is 15.8. The van der Waals surface area contributed by atoms with E-state index >= 15 is 0 Å². The van der Waals surface area contributed by atoms with Gasteiger partial charge in [-0.05, 0) is 36.2 Å². The molecule has 28 heavy (non-hydrogen) atoms. The van der Waals surface area contributed by atoms with Crippen LogP contribution in [0, 0.1) is 0 Å². The molecule has 0 atom stereocenters. The van der Waals surface area contributed by atoms with Crippen molar-refractivity contribution >= 4 is 17.7 Å². The van der Waals surface area contributed by atoms with Gasteiger partial charge in [-0.1, -0.05) is 17.8 Å². The van der Waals surface area contributed by atoms with E-state index in [1.165, 1.54) is 11.8 Å². The molecule has 0 fully saturated rings. The first-order valence-corrected chi connectivity index (χ1v) is 9.68. The number of furan rings is 1. The Hall–Kier alpha value is -2.94. The Morgan fingerprint density at radius 1 is 1.25 bits per heavy atom. The van der Waals surface area contributed by atoms with Crippen LogP contribution in [0.3, 0.4) is 0 Å². The van der Waals surface area contributed by atoms with Crippen molar-refractivity contribution in [3.05, 3.63) is 54.2 Å². The quantitative estimate of drug-likeness (QED) is 0.521. The van der Waals surface area contributed by atoms with Crippen molar-refractivity contribution < 1.29 is 18.7 Å². The van der Waals surface area contributed by atoms with Crippen molar-refractivity contribution in [2.75, 3.05) is 26.5 Å². The second-order valence-electron chi connectivity index (χ2n) is 5.90. The predicted molar refractivity (Wildman–Crippen MR) is 105 cm³/mol. The number of carbonyl (C=O) groups is 1. The van der Waals surface area contributed by atoms with E-state index in [1.54, 1.807) is 26.8 Å². The number of rotatable bonds is 10. The van der Waals surface area contributed by atoms with Crippen LogP contribution in [0.1, 0.15) is 11.3 Å². The molecule has 3 aromatic rings. The molecule has 2 aromatic heterocycles. The summed E-state index contributed by atoms with van der Waals surface area (Å²) < 4.78 is 17.7. The third kappa shape index (κ3) is 5.29. The molecule has 2 heterocycles. The summed E-state index contributed by atoms with van der Waals surface area (Å²) in [5.74, 6) is 2.38. The van der Waals surface area contributed by atoms with Crippen LogP contribution in [-0.4, -0.2) is 47.2 Å². The molecule has 1 amide bonds. The molecular formula is C19H22N4O4S. The number of amides is 1. The number of nitrogens with one attached hydrogen (secondary N) is 1. The standard InChI is InChI=1S/C19H22N4O4S/c1-25-16-6-5-14(10-17(16)26-2)7-8-20-18(24)12-28-19-22-21-13-23(19)11-15-4-3-9-27-15/h3-6,9-10,13H,7-8,11-12H2,1-2H3,(H,20,24). The smallest absolute Gasteiger partial charge is 0.230 e. The number of methoxy groups -OCH3 is 2. The fourth-order valence-corrected chi connectivity index (χ4v) is 3.34. The van der Waals surface area contributed by atoms with Gasteiger partial charge in [0.05, 0.1) is 32.8 Å². The van der Waals surface area contributed by atoms with Gasteiger partial charge < -0.3 is 23.8 Å². The van der Waals surface area contributed by atoms with Crippen molar-refractivity contribution in [2.24, 2.45) is 0 Å². The first-order chi connectivity index (χ1) is 13.7. The molecule has 0 saturated carbocycles. The summed E-state index contributed by atoms with van der Waals surface area (Å²) in [4.78, 5) is 12.1. The van der Waals surface area contributed by atoms with Crippen molar-refractivity contribution in [1.29, 1.82) is 0 Å². The van der Waals surface area contributed by atoms with Gasteiger partial charge in [0.25, 0.3) is 0 Å². The van der Waals surface area contributed by atoms with Crippen molar-refractivity contribution in [2.45, 2.75) is 18.1 Å². The highest BCUT2D eigenvalue weighted by atomic mass is 32.2. The predicted octanol–water partition coefficient (Wildman–Crippen LogP) is 2.39. The first kappa shape index (κ1) is 19.8. The average Bonchev–Trinajstić information content (AvgIpc) is 3.38. The normalized spacial score (nSPS) is 10.6. The minimum absolute atomic E-state index is 0.0574. The molecule has 0 bridgehead atoms. The van der Waals surface area contributed by atoms with E-state index in [4.69, 9.17) is 13.9 Å². The first-order valence-electron chi connectivity index (χ1n) is 8.70. The molecule has 9 heteroatoms. The molecular weight excluding hydrogens is 380 g/mol. The second-order valence-corrected chi connectivity index (χ2v) is 6.84. The number of thioether (sulfide) groups is 1. The summed E-state index contributed by atoms with van der Waals surface area (Å²) in [6.45, 7) is 1.07. The molecule has 8 nitrogen and oxygen atoms in total. The molecule has 0 spiro atoms. The van der Waals surface area contributed by atoms with E-state index in [1.807, 2.05) is 34.9 Å². The van der Waals surface area contributed by atoms with Gasteiger partial charge >= 0.3 is 0 Å². The van der Waals surface area contributed by atoms with Crippen LogP contribution in [0.25, 0.3) is 0 Å². The van der Waals surface area contributed by atoms with Crippen LogP contribution in [0.15, 0.2) is 52.5 Å². The van der Waals surface area contributed by atoms with Crippen LogP contribution in [0.2, 0.25) is 0 Å². The van der Waals surface area contributed by atoms with Gasteiger partial charge in [0, 0.05) is 6.54 Å². The van der Waals surface area contributed by atoms with Crippen LogP contribution in [0.4, 0.5) is 0 Å². The summed E-state index contributed by atoms with van der Waals surface area (Å²) in [5, 5.41) is 11.6. The second kappa shape index (κ2) is 9.84. The summed E-state index contributed by atoms with van der Waals surface area (Å²) in [6.07, 6.45) is 3.95. The fraction of sp³-hybridized carbons (Fsp3) is 0.316. The minimum atomic E-state index is -0.0574. The van der Waals surface area contributed by atoms with Crippen molar-refractivity contribution in [3.8, 4) is 11.5 Å². The number of hydrogen-bond acceptors (Lipinski definition) is 7. The van der Waals surface area contributed by atoms with E-state index in [0.717, 1.165) is 11.3 Å². The molecule has 1 N–H and O–H groups in total. The average molecular weight is 402 g/mol. The third-order valence-corrected chi connectivity index (χ3v) is 4.98. The maximum absolute atomic E-state index is 12.1. The van der Waals surface area contributed by atoms with Crippen molar-refractivity contribution in [3.63, 3.8) is 0 Å². The maximum atomic E-state index is 12.1. The number of ether oxygens (including phenoxy) is 2. The molecule has 148 valence electrons. The number of hydrogen-bond donors (Lipinski definition) is 1. The summed E-state index contributed by atoms with van der Waals surface area (Å²) in [7, 11) is 3.20. The minimum Gasteiger partial charge on any atom is -0.493 e. The third-order valence-electron chi connectivity index (χ3n) is 4.00. The lowest BCUT2D eigenvalue weighted by molar-refractivity contribution is -0.118. The number of aromatic nitrogens is 3. The van der Waals surface area contributed by atoms with Crippen molar-refractivity contribution in [1.82, 2.24) is 20.1 Å². The van der Waals surface area contributed by atoms with E-state index in [-0.39, 0.29) is 11.7 Å². The summed E-state index contributed by atoms with van der Waals surface area (Å²) in [6, 6.07) is 9.45. The number of nitrogens with zero attached hydrogens (tertiary/aromatic N) is 3. The van der Waals surface area contributed by atoms with Gasteiger partial charge in [-0.15, -0.1) is 10.2 Å². The Bertz CT molecular complexity index is 895. The van der Waals surface area contributed by atoms with Crippen LogP contribution >= 0.6 is 11.8 Å². The molecule has 0 unspecified atom stereocenters. The Morgan fingerprint density at radius 2 is 2.11 bits per heavy atom. The highest BCUT2D eigenvalue weighted by molar-refractivity contribution is 7.99. The molecule has 0 saturated heterocycles. The number of benzene rings is 1. The molecule has 0 aliphatic carbocycles. The van der Waals surface area contributed by atoms with Crippen LogP contribution < -0.4 is 14.8 Å². The highest BCUT2D eigenvalue weighted by Crippen LogP contribution is 2.27. The lowest BCUT2D eigenvalue weighted by atomic mass is 10.1. The lowest BCUT2D eigenvalue weighted by Crippen LogP contribution is -2.27. The van der Waals surface area contributed by atoms with Gasteiger partial charge in [-0.2, -0.15) is 0 Å². The zero-order valence-corrected chi connectivity index (χ0v) is 16.6. The largest absolute Gasteiger partial charge is 0.493 e. The van der Waals surface area contributed by atoms with E-state index in [9.17, 15) is 4.79 Å². The molecule has 0 aliphatic rings. The monoisotopic (exact) mass is 402 g/mol. The van der Waals surface area contributed by atoms with Crippen LogP contribution in [-0.2, 0) is 17.8 Å². The SMILES string of the molecule is COc1ccc(CCNC(=O)CSc2nncn2Cc2ccco2)cc1OC. The highest BCUT2D eigenvalue weighted by Gasteiger charge is 2.10. The Morgan fingerprint density at radius 3 is 2.86 bits per heavy atom. The maximum Gasteiger partial charge on any atom is 0.230 e. The van der Waals surface area contributed by atoms with E-state index in [2.05, 4.69) is 15.5 Å². The van der Waals surface area contributed by atoms with Gasteiger partial charge in [0.2, 0.25) is 5.91 Å².